The minimum Gasteiger partial charge on any atom is -0.317 e. The average molecular weight is 252 g/mol. The zero-order chi connectivity index (χ0) is 12.9. The summed E-state index contributed by atoms with van der Waals surface area (Å²) in [4.78, 5) is 1.63. The Balaban J connectivity index is 2.50. The molecular weight excluding hydrogens is 229 g/mol. The molecule has 5 heteroatoms. The average Bonchev–Trinajstić information content (AvgIpc) is 2.24. The molecule has 0 atom stereocenters. The predicted molar refractivity (Wildman–Crippen MR) is 63.0 cm³/mol. The second-order valence-corrected chi connectivity index (χ2v) is 5.25. The molecule has 1 saturated heterocycles. The second-order valence-electron chi connectivity index (χ2n) is 5.25. The van der Waals surface area contributed by atoms with Crippen LogP contribution in [0.3, 0.4) is 0 Å². The van der Waals surface area contributed by atoms with Crippen molar-refractivity contribution < 1.29 is 13.2 Å². The van der Waals surface area contributed by atoms with Crippen LogP contribution in [0.25, 0.3) is 0 Å². The molecule has 0 aromatic carbocycles. The molecule has 17 heavy (non-hydrogen) atoms. The van der Waals surface area contributed by atoms with Crippen molar-refractivity contribution in [3.8, 4) is 0 Å². The minimum absolute atomic E-state index is 0.0941. The van der Waals surface area contributed by atoms with Crippen molar-refractivity contribution in [2.24, 2.45) is 5.92 Å². The molecule has 0 amide bonds. The van der Waals surface area contributed by atoms with Crippen molar-refractivity contribution in [1.82, 2.24) is 10.2 Å². The van der Waals surface area contributed by atoms with Gasteiger partial charge in [0.2, 0.25) is 0 Å². The Morgan fingerprint density at radius 2 is 1.82 bits per heavy atom. The molecule has 1 rings (SSSR count). The van der Waals surface area contributed by atoms with Crippen LogP contribution in [0.15, 0.2) is 0 Å². The van der Waals surface area contributed by atoms with Gasteiger partial charge in [-0.3, -0.25) is 4.90 Å². The lowest BCUT2D eigenvalue weighted by molar-refractivity contribution is -0.152. The molecule has 0 aromatic heterocycles. The number of halogens is 3. The van der Waals surface area contributed by atoms with Crippen molar-refractivity contribution >= 4 is 0 Å². The van der Waals surface area contributed by atoms with Crippen LogP contribution >= 0.6 is 0 Å². The van der Waals surface area contributed by atoms with E-state index in [1.807, 2.05) is 13.8 Å². The molecule has 0 aliphatic carbocycles. The second kappa shape index (κ2) is 6.59. The van der Waals surface area contributed by atoms with Crippen LogP contribution in [-0.2, 0) is 0 Å². The molecule has 0 spiro atoms. The highest BCUT2D eigenvalue weighted by molar-refractivity contribution is 4.79. The van der Waals surface area contributed by atoms with Crippen LogP contribution in [0.5, 0.6) is 0 Å². The fraction of sp³-hybridized carbons (Fsp3) is 1.00. The van der Waals surface area contributed by atoms with Crippen LogP contribution in [0.1, 0.15) is 33.1 Å². The van der Waals surface area contributed by atoms with Gasteiger partial charge in [-0.1, -0.05) is 13.8 Å². The van der Waals surface area contributed by atoms with Crippen molar-refractivity contribution in [2.45, 2.75) is 45.3 Å². The SMILES string of the molecule is CC(C)CCN(CC(F)(F)F)C1CCNCC1. The molecule has 2 nitrogen and oxygen atoms in total. The van der Waals surface area contributed by atoms with Gasteiger partial charge in [-0.05, 0) is 44.8 Å². The Kier molecular flexibility index (Phi) is 5.73. The van der Waals surface area contributed by atoms with Gasteiger partial charge in [0.05, 0.1) is 6.54 Å². The van der Waals surface area contributed by atoms with E-state index >= 15 is 0 Å². The third kappa shape index (κ3) is 6.27. The summed E-state index contributed by atoms with van der Waals surface area (Å²) in [5.41, 5.74) is 0. The monoisotopic (exact) mass is 252 g/mol. The summed E-state index contributed by atoms with van der Waals surface area (Å²) in [7, 11) is 0. The Hall–Kier alpha value is -0.290. The molecule has 0 radical (unpaired) electrons. The van der Waals surface area contributed by atoms with E-state index in [1.54, 1.807) is 4.90 Å². The number of nitrogens with zero attached hydrogens (tertiary/aromatic N) is 1. The zero-order valence-corrected chi connectivity index (χ0v) is 10.7. The Bertz CT molecular complexity index is 210. The van der Waals surface area contributed by atoms with E-state index in [0.29, 0.717) is 12.5 Å². The van der Waals surface area contributed by atoms with Crippen LogP contribution in [-0.4, -0.2) is 43.3 Å². The van der Waals surface area contributed by atoms with Gasteiger partial charge in [0.1, 0.15) is 0 Å². The van der Waals surface area contributed by atoms with E-state index < -0.39 is 12.7 Å². The quantitative estimate of drug-likeness (QED) is 0.809. The lowest BCUT2D eigenvalue weighted by atomic mass is 10.0. The van der Waals surface area contributed by atoms with E-state index in [2.05, 4.69) is 5.32 Å². The smallest absolute Gasteiger partial charge is 0.317 e. The van der Waals surface area contributed by atoms with Crippen LogP contribution in [0, 0.1) is 5.92 Å². The largest absolute Gasteiger partial charge is 0.401 e. The van der Waals surface area contributed by atoms with E-state index in [1.165, 1.54) is 0 Å². The Labute approximate surface area is 102 Å². The number of piperidine rings is 1. The zero-order valence-electron chi connectivity index (χ0n) is 10.7. The van der Waals surface area contributed by atoms with Crippen LogP contribution in [0.4, 0.5) is 13.2 Å². The molecule has 1 aliphatic heterocycles. The van der Waals surface area contributed by atoms with Crippen molar-refractivity contribution in [3.63, 3.8) is 0 Å². The number of alkyl halides is 3. The first-order valence-corrected chi connectivity index (χ1v) is 6.40. The van der Waals surface area contributed by atoms with Gasteiger partial charge in [0, 0.05) is 6.04 Å². The number of hydrogen-bond acceptors (Lipinski definition) is 2. The Morgan fingerprint density at radius 3 is 2.29 bits per heavy atom. The number of nitrogens with one attached hydrogen (secondary N) is 1. The fourth-order valence-corrected chi connectivity index (χ4v) is 2.22. The van der Waals surface area contributed by atoms with Crippen LogP contribution < -0.4 is 5.32 Å². The highest BCUT2D eigenvalue weighted by atomic mass is 19.4. The van der Waals surface area contributed by atoms with Crippen LogP contribution in [0.2, 0.25) is 0 Å². The lowest BCUT2D eigenvalue weighted by Gasteiger charge is -2.35. The first kappa shape index (κ1) is 14.8. The summed E-state index contributed by atoms with van der Waals surface area (Å²) < 4.78 is 37.6. The third-order valence-corrected chi connectivity index (χ3v) is 3.20. The van der Waals surface area contributed by atoms with E-state index in [0.717, 1.165) is 32.4 Å². The standard InChI is InChI=1S/C12H23F3N2/c1-10(2)5-8-17(9-12(13,14)15)11-3-6-16-7-4-11/h10-11,16H,3-9H2,1-2H3. The molecule has 1 N–H and O–H groups in total. The molecule has 102 valence electrons. The molecule has 0 saturated carbocycles. The predicted octanol–water partition coefficient (Wildman–Crippen LogP) is 2.65. The molecule has 1 heterocycles. The first-order chi connectivity index (χ1) is 7.88. The third-order valence-electron chi connectivity index (χ3n) is 3.20. The van der Waals surface area contributed by atoms with Gasteiger partial charge in [-0.25, -0.2) is 0 Å². The van der Waals surface area contributed by atoms with E-state index in [-0.39, 0.29) is 6.04 Å². The first-order valence-electron chi connectivity index (χ1n) is 6.40. The summed E-state index contributed by atoms with van der Waals surface area (Å²) >= 11 is 0. The van der Waals surface area contributed by atoms with Gasteiger partial charge >= 0.3 is 6.18 Å². The maximum absolute atomic E-state index is 12.5. The van der Waals surface area contributed by atoms with E-state index in [4.69, 9.17) is 0 Å². The number of rotatable bonds is 5. The van der Waals surface area contributed by atoms with E-state index in [9.17, 15) is 13.2 Å². The molecule has 0 aromatic rings. The summed E-state index contributed by atoms with van der Waals surface area (Å²) in [5.74, 6) is 0.451. The topological polar surface area (TPSA) is 15.3 Å². The van der Waals surface area contributed by atoms with Crippen molar-refractivity contribution in [3.05, 3.63) is 0 Å². The molecular formula is C12H23F3N2. The summed E-state index contributed by atoms with van der Waals surface area (Å²) in [6.45, 7) is 5.57. The molecule has 1 aliphatic rings. The summed E-state index contributed by atoms with van der Waals surface area (Å²) in [6.07, 6.45) is -1.59. The highest BCUT2D eigenvalue weighted by Crippen LogP contribution is 2.22. The van der Waals surface area contributed by atoms with Gasteiger partial charge in [0.15, 0.2) is 0 Å². The number of hydrogen-bond donors (Lipinski definition) is 1. The lowest BCUT2D eigenvalue weighted by Crippen LogP contribution is -2.47. The molecule has 0 unspecified atom stereocenters. The van der Waals surface area contributed by atoms with Crippen molar-refractivity contribution in [2.75, 3.05) is 26.2 Å². The highest BCUT2D eigenvalue weighted by Gasteiger charge is 2.34. The van der Waals surface area contributed by atoms with Gasteiger partial charge < -0.3 is 5.32 Å². The van der Waals surface area contributed by atoms with Gasteiger partial charge in [-0.15, -0.1) is 0 Å². The molecule has 0 bridgehead atoms. The summed E-state index contributed by atoms with van der Waals surface area (Å²) in [6, 6.07) is 0.0941. The van der Waals surface area contributed by atoms with Gasteiger partial charge in [-0.2, -0.15) is 13.2 Å². The van der Waals surface area contributed by atoms with Gasteiger partial charge in [0.25, 0.3) is 0 Å². The minimum atomic E-state index is -4.08. The summed E-state index contributed by atoms with van der Waals surface area (Å²) in [5, 5.41) is 3.19. The molecule has 1 fully saturated rings. The normalized spacial score (nSPS) is 19.2. The maximum Gasteiger partial charge on any atom is 0.401 e. The Morgan fingerprint density at radius 1 is 1.24 bits per heavy atom. The fourth-order valence-electron chi connectivity index (χ4n) is 2.22. The maximum atomic E-state index is 12.5. The van der Waals surface area contributed by atoms with Crippen molar-refractivity contribution in [1.29, 1.82) is 0 Å².